The van der Waals surface area contributed by atoms with Crippen LogP contribution in [0.25, 0.3) is 0 Å². The zero-order chi connectivity index (χ0) is 44.6. The summed E-state index contributed by atoms with van der Waals surface area (Å²) in [6.45, 7) is 20.1. The summed E-state index contributed by atoms with van der Waals surface area (Å²) in [7, 11) is -3.50. The maximum absolute atomic E-state index is 14.8. The van der Waals surface area contributed by atoms with E-state index >= 15 is 0 Å². The number of hydrogen-bond acceptors (Lipinski definition) is 7. The Morgan fingerprint density at radius 2 is 1.60 bits per heavy atom. The van der Waals surface area contributed by atoms with Gasteiger partial charge >= 0.3 is 5.97 Å². The lowest BCUT2D eigenvalue weighted by molar-refractivity contribution is -0.221. The molecular formula is C53H78FNO6S. The predicted molar refractivity (Wildman–Crippen MR) is 245 cm³/mol. The molecule has 0 amide bonds. The molecule has 8 rings (SSSR count). The summed E-state index contributed by atoms with van der Waals surface area (Å²) in [5.41, 5.74) is 3.67. The highest BCUT2D eigenvalue weighted by molar-refractivity contribution is 7.86. The molecule has 0 radical (unpaired) electrons. The van der Waals surface area contributed by atoms with Crippen LogP contribution in [0.15, 0.2) is 65.8 Å². The lowest BCUT2D eigenvalue weighted by atomic mass is 9.33. The average molecular weight is 876 g/mol. The number of allylic oxidation sites excluding steroid dienone is 5. The fourth-order valence-electron chi connectivity index (χ4n) is 16.2. The number of rotatable bonds is 12. The van der Waals surface area contributed by atoms with Crippen molar-refractivity contribution in [1.82, 2.24) is 5.32 Å². The van der Waals surface area contributed by atoms with Crippen molar-refractivity contribution >= 4 is 16.1 Å². The molecule has 5 saturated carbocycles. The number of carbonyl (C=O) groups excluding carboxylic acids is 1. The first-order chi connectivity index (χ1) is 29.1. The fourth-order valence-corrected chi connectivity index (χ4v) is 16.9. The van der Waals surface area contributed by atoms with Crippen LogP contribution < -0.4 is 5.32 Å². The first kappa shape index (κ1) is 46.2. The van der Waals surface area contributed by atoms with Crippen LogP contribution in [-0.2, 0) is 30.4 Å². The van der Waals surface area contributed by atoms with Crippen LogP contribution in [0.1, 0.15) is 156 Å². The molecule has 0 heterocycles. The molecule has 62 heavy (non-hydrogen) atoms. The van der Waals surface area contributed by atoms with Gasteiger partial charge in [0.1, 0.15) is 13.3 Å². The van der Waals surface area contributed by atoms with E-state index in [4.69, 9.17) is 8.92 Å². The summed E-state index contributed by atoms with van der Waals surface area (Å²) in [6, 6.07) is 9.65. The monoisotopic (exact) mass is 876 g/mol. The quantitative estimate of drug-likeness (QED) is 0.122. The van der Waals surface area contributed by atoms with E-state index in [0.717, 1.165) is 37.6 Å². The molecular weight excluding hydrogens is 798 g/mol. The lowest BCUT2D eigenvalue weighted by Crippen LogP contribution is -2.68. The minimum atomic E-state index is -3.50. The molecule has 0 aromatic heterocycles. The van der Waals surface area contributed by atoms with Crippen molar-refractivity contribution in [2.24, 2.45) is 56.7 Å². The molecule has 1 aromatic rings. The van der Waals surface area contributed by atoms with E-state index in [9.17, 15) is 22.7 Å². The molecule has 7 aliphatic carbocycles. The molecule has 1 aromatic carbocycles. The van der Waals surface area contributed by atoms with E-state index in [1.54, 1.807) is 0 Å². The first-order valence-corrected chi connectivity index (χ1v) is 26.1. The van der Waals surface area contributed by atoms with Crippen molar-refractivity contribution in [3.63, 3.8) is 0 Å². The Bertz CT molecular complexity index is 2040. The van der Waals surface area contributed by atoms with Gasteiger partial charge < -0.3 is 15.2 Å². The number of ether oxygens (including phenoxy) is 1. The number of benzene rings is 1. The maximum atomic E-state index is 14.8. The second-order valence-electron chi connectivity index (χ2n) is 23.2. The van der Waals surface area contributed by atoms with E-state index in [1.165, 1.54) is 55.2 Å². The minimum absolute atomic E-state index is 0.0341. The van der Waals surface area contributed by atoms with Gasteiger partial charge in [-0.05, 0) is 191 Å². The Morgan fingerprint density at radius 3 is 2.24 bits per heavy atom. The Labute approximate surface area is 373 Å². The summed E-state index contributed by atoms with van der Waals surface area (Å²) in [5, 5.41) is 15.8. The highest BCUT2D eigenvalue weighted by Crippen LogP contribution is 2.76. The lowest BCUT2D eigenvalue weighted by Gasteiger charge is -2.72. The van der Waals surface area contributed by atoms with Crippen LogP contribution >= 0.6 is 0 Å². The summed E-state index contributed by atoms with van der Waals surface area (Å²) in [5.74, 6) is 2.36. The molecule has 2 N–H and O–H groups in total. The van der Waals surface area contributed by atoms with Gasteiger partial charge in [-0.25, -0.2) is 4.39 Å². The van der Waals surface area contributed by atoms with E-state index in [2.05, 4.69) is 65.6 Å². The molecule has 7 nitrogen and oxygen atoms in total. The number of hydrogen-bond donors (Lipinski definition) is 2. The van der Waals surface area contributed by atoms with Gasteiger partial charge in [0.2, 0.25) is 0 Å². The Kier molecular flexibility index (Phi) is 12.3. The topological polar surface area (TPSA) is 102 Å². The number of aliphatic hydroxyl groups is 1. The second-order valence-corrected chi connectivity index (χ2v) is 24.8. The van der Waals surface area contributed by atoms with E-state index in [0.29, 0.717) is 81.0 Å². The number of nitrogens with one attached hydrogen (secondary N) is 1. The molecule has 9 heteroatoms. The van der Waals surface area contributed by atoms with Crippen molar-refractivity contribution in [3.05, 3.63) is 71.3 Å². The molecule has 0 saturated heterocycles. The van der Waals surface area contributed by atoms with E-state index < -0.39 is 33.8 Å². The van der Waals surface area contributed by atoms with E-state index in [-0.39, 0.29) is 39.9 Å². The third kappa shape index (κ3) is 7.84. The van der Waals surface area contributed by atoms with Crippen molar-refractivity contribution in [1.29, 1.82) is 0 Å². The van der Waals surface area contributed by atoms with Crippen molar-refractivity contribution in [2.75, 3.05) is 19.5 Å². The number of halogens is 1. The maximum Gasteiger partial charge on any atom is 0.315 e. The normalized spacial score (nSPS) is 42.6. The smallest absolute Gasteiger partial charge is 0.315 e. The summed E-state index contributed by atoms with van der Waals surface area (Å²) >= 11 is 0. The van der Waals surface area contributed by atoms with Gasteiger partial charge in [0.15, 0.2) is 0 Å². The van der Waals surface area contributed by atoms with Gasteiger partial charge in [0.25, 0.3) is 10.1 Å². The minimum Gasteiger partial charge on any atom is -0.460 e. The zero-order valence-electron chi connectivity index (χ0n) is 39.1. The first-order valence-electron chi connectivity index (χ1n) is 24.3. The van der Waals surface area contributed by atoms with Crippen molar-refractivity contribution in [3.8, 4) is 0 Å². The zero-order valence-corrected chi connectivity index (χ0v) is 39.9. The SMILES string of the molecule is C=C(C)[C@@H]1CC[C@]2(NCCC3(O)CCC(OS(C)(=O)=O)CC3)CC[C@]3(C)[C@H](CC[C@@H]4[C@@]5(C)CC=C(C6=CCC(CF)(C(=O)OCc7ccccc7)CC6)C(C)(C)[C@@H]5CC[C@]43C)[C@@H]12. The van der Waals surface area contributed by atoms with Gasteiger partial charge in [-0.15, -0.1) is 0 Å². The number of fused-ring (bicyclic) bond motifs is 7. The Balaban J connectivity index is 0.976. The molecule has 5 fully saturated rings. The van der Waals surface area contributed by atoms with Gasteiger partial charge in [0.05, 0.1) is 23.4 Å². The summed E-state index contributed by atoms with van der Waals surface area (Å²) < 4.78 is 49.3. The molecule has 344 valence electrons. The summed E-state index contributed by atoms with van der Waals surface area (Å²) in [4.78, 5) is 13.4. The van der Waals surface area contributed by atoms with E-state index in [1.807, 2.05) is 30.3 Å². The average Bonchev–Trinajstić information content (AvgIpc) is 3.61. The van der Waals surface area contributed by atoms with Gasteiger partial charge in [-0.1, -0.05) is 89.3 Å². The Hall–Kier alpha value is -2.33. The third-order valence-electron chi connectivity index (χ3n) is 19.7. The van der Waals surface area contributed by atoms with Gasteiger partial charge in [-0.2, -0.15) is 8.42 Å². The standard InChI is InChI=1S/C53H78FNO6S/c1-36(2)40-20-29-53(55-33-32-52(57)27-18-39(19-28-52)61-62(8,58)59)31-30-49(6)42(45(40)53)14-15-44-48(5)23-21-41(47(3,4)43(48)22-24-50(44,49)7)38-16-25-51(35-54,26-17-38)46(56)60-34-37-12-10-9-11-13-37/h9-13,16,21,39-40,42-45,55,57H,1,14-15,17-20,22-35H2,2-8H3/t39?,40-,42+,43-,44+,45+,48-,49+,50+,51?,52?,53-/m0/s1. The highest BCUT2D eigenvalue weighted by atomic mass is 32.2. The molecule has 0 aliphatic heterocycles. The van der Waals surface area contributed by atoms with Gasteiger partial charge in [-0.3, -0.25) is 8.98 Å². The summed E-state index contributed by atoms with van der Waals surface area (Å²) in [6.07, 6.45) is 20.7. The molecule has 10 atom stereocenters. The number of carbonyl (C=O) groups is 1. The van der Waals surface area contributed by atoms with Crippen LogP contribution in [-0.4, -0.2) is 56.2 Å². The predicted octanol–water partition coefficient (Wildman–Crippen LogP) is 11.4. The Morgan fingerprint density at radius 1 is 0.871 bits per heavy atom. The van der Waals surface area contributed by atoms with Crippen LogP contribution in [0.4, 0.5) is 4.39 Å². The van der Waals surface area contributed by atoms with Crippen LogP contribution in [0.2, 0.25) is 0 Å². The third-order valence-corrected chi connectivity index (χ3v) is 20.4. The molecule has 1 unspecified atom stereocenters. The second kappa shape index (κ2) is 16.5. The number of esters is 1. The van der Waals surface area contributed by atoms with Crippen molar-refractivity contribution < 1.29 is 31.6 Å². The molecule has 0 bridgehead atoms. The largest absolute Gasteiger partial charge is 0.460 e. The molecule has 0 spiro atoms. The fraction of sp³-hybridized carbons (Fsp3) is 0.755. The van der Waals surface area contributed by atoms with Gasteiger partial charge in [0, 0.05) is 5.54 Å². The molecule has 7 aliphatic rings. The highest BCUT2D eigenvalue weighted by Gasteiger charge is 2.70. The van der Waals surface area contributed by atoms with Crippen LogP contribution in [0.3, 0.4) is 0 Å². The van der Waals surface area contributed by atoms with Crippen LogP contribution in [0, 0.1) is 56.7 Å². The van der Waals surface area contributed by atoms with Crippen LogP contribution in [0.5, 0.6) is 0 Å². The van der Waals surface area contributed by atoms with Crippen molar-refractivity contribution in [2.45, 2.75) is 175 Å². The number of alkyl halides is 1.